The number of hydrogen-bond donors (Lipinski definition) is 2. The van der Waals surface area contributed by atoms with Gasteiger partial charge in [0.2, 0.25) is 0 Å². The number of hydrogen-bond acceptors (Lipinski definition) is 4. The molecule has 2 N–H and O–H groups in total. The van der Waals surface area contributed by atoms with Gasteiger partial charge in [-0.05, 0) is 42.7 Å². The summed E-state index contributed by atoms with van der Waals surface area (Å²) in [5.74, 6) is 0.979. The summed E-state index contributed by atoms with van der Waals surface area (Å²) in [6.45, 7) is 2.64. The lowest BCUT2D eigenvalue weighted by Gasteiger charge is -2.12. The molecular weight excluding hydrogens is 374 g/mol. The minimum atomic E-state index is -0.261. The highest BCUT2D eigenvalue weighted by Gasteiger charge is 2.12. The zero-order valence-electron chi connectivity index (χ0n) is 15.8. The van der Waals surface area contributed by atoms with Crippen molar-refractivity contribution >= 4 is 29.0 Å². The van der Waals surface area contributed by atoms with E-state index in [2.05, 4.69) is 27.8 Å². The van der Waals surface area contributed by atoms with E-state index in [-0.39, 0.29) is 5.91 Å². The van der Waals surface area contributed by atoms with E-state index in [9.17, 15) is 4.79 Å². The third kappa shape index (κ3) is 5.02. The molecule has 0 aliphatic carbocycles. The first-order valence-electron chi connectivity index (χ1n) is 8.96. The zero-order valence-corrected chi connectivity index (χ0v) is 16.6. The predicted molar refractivity (Wildman–Crippen MR) is 114 cm³/mol. The fraction of sp³-hybridized carbons (Fsp3) is 0.182. The lowest BCUT2D eigenvalue weighted by Crippen LogP contribution is -2.14. The van der Waals surface area contributed by atoms with E-state index in [1.165, 1.54) is 12.7 Å². The normalized spacial score (nSPS) is 10.4. The number of carbonyl (C=O) groups is 1. The van der Waals surface area contributed by atoms with Crippen molar-refractivity contribution in [3.8, 4) is 5.75 Å². The van der Waals surface area contributed by atoms with Crippen molar-refractivity contribution in [1.82, 2.24) is 4.98 Å². The molecular formula is C22H22ClN3O2. The van der Waals surface area contributed by atoms with Crippen LogP contribution >= 0.6 is 11.6 Å². The average Bonchev–Trinajstić information content (AvgIpc) is 2.72. The van der Waals surface area contributed by atoms with Gasteiger partial charge in [0, 0.05) is 23.8 Å². The van der Waals surface area contributed by atoms with Crippen LogP contribution in [0.3, 0.4) is 0 Å². The van der Waals surface area contributed by atoms with Crippen molar-refractivity contribution in [2.24, 2.45) is 0 Å². The van der Waals surface area contributed by atoms with Gasteiger partial charge in [0.05, 0.1) is 18.4 Å². The molecule has 0 radical (unpaired) electrons. The lowest BCUT2D eigenvalue weighted by molar-refractivity contribution is 0.102. The molecule has 28 heavy (non-hydrogen) atoms. The molecule has 2 aromatic carbocycles. The molecule has 0 spiro atoms. The number of carbonyl (C=O) groups excluding carboxylic acids is 1. The van der Waals surface area contributed by atoms with Gasteiger partial charge >= 0.3 is 0 Å². The number of nitrogens with zero attached hydrogens (tertiary/aromatic N) is 1. The summed E-state index contributed by atoms with van der Waals surface area (Å²) in [5.41, 5.74) is 3.15. The number of nitrogens with one attached hydrogen (secondary N) is 2. The Bertz CT molecular complexity index is 944. The number of amides is 1. The molecule has 0 saturated heterocycles. The van der Waals surface area contributed by atoms with Crippen LogP contribution in [0.4, 0.5) is 11.5 Å². The molecule has 0 fully saturated rings. The SMILES string of the molecule is COc1cc(Cl)c(C)cc1NC(=O)c1ccc(NCCc2ccccc2)nc1. The number of pyridine rings is 1. The molecule has 0 saturated carbocycles. The zero-order chi connectivity index (χ0) is 19.9. The van der Waals surface area contributed by atoms with Crippen molar-refractivity contribution in [1.29, 1.82) is 0 Å². The van der Waals surface area contributed by atoms with Gasteiger partial charge < -0.3 is 15.4 Å². The van der Waals surface area contributed by atoms with Crippen LogP contribution in [0, 0.1) is 6.92 Å². The van der Waals surface area contributed by atoms with Crippen LogP contribution in [0.1, 0.15) is 21.5 Å². The fourth-order valence-electron chi connectivity index (χ4n) is 2.74. The van der Waals surface area contributed by atoms with Gasteiger partial charge in [-0.3, -0.25) is 4.79 Å². The summed E-state index contributed by atoms with van der Waals surface area (Å²) in [4.78, 5) is 16.9. The van der Waals surface area contributed by atoms with Crippen molar-refractivity contribution in [3.05, 3.63) is 82.5 Å². The first-order valence-corrected chi connectivity index (χ1v) is 9.34. The maximum atomic E-state index is 12.5. The molecule has 0 aliphatic rings. The number of aryl methyl sites for hydroxylation is 1. The second kappa shape index (κ2) is 9.24. The Morgan fingerprint density at radius 1 is 1.14 bits per heavy atom. The molecule has 5 nitrogen and oxygen atoms in total. The first-order chi connectivity index (χ1) is 13.6. The largest absolute Gasteiger partial charge is 0.495 e. The maximum absolute atomic E-state index is 12.5. The van der Waals surface area contributed by atoms with Gasteiger partial charge in [0.15, 0.2) is 0 Å². The highest BCUT2D eigenvalue weighted by molar-refractivity contribution is 6.31. The van der Waals surface area contributed by atoms with Gasteiger partial charge in [-0.2, -0.15) is 0 Å². The Morgan fingerprint density at radius 2 is 1.93 bits per heavy atom. The third-order valence-corrected chi connectivity index (χ3v) is 4.72. The monoisotopic (exact) mass is 395 g/mol. The third-order valence-electron chi connectivity index (χ3n) is 4.32. The number of methoxy groups -OCH3 is 1. The van der Waals surface area contributed by atoms with E-state index in [0.717, 1.165) is 24.3 Å². The molecule has 144 valence electrons. The smallest absolute Gasteiger partial charge is 0.257 e. The van der Waals surface area contributed by atoms with Crippen LogP contribution in [0.5, 0.6) is 5.75 Å². The second-order valence-electron chi connectivity index (χ2n) is 6.35. The van der Waals surface area contributed by atoms with Crippen LogP contribution in [-0.4, -0.2) is 24.5 Å². The van der Waals surface area contributed by atoms with Gasteiger partial charge in [-0.15, -0.1) is 0 Å². The first kappa shape index (κ1) is 19.7. The summed E-state index contributed by atoms with van der Waals surface area (Å²) in [5, 5.41) is 6.70. The van der Waals surface area contributed by atoms with E-state index in [1.807, 2.05) is 25.1 Å². The molecule has 1 amide bonds. The quantitative estimate of drug-likeness (QED) is 0.593. The topological polar surface area (TPSA) is 63.2 Å². The number of rotatable bonds is 7. The summed E-state index contributed by atoms with van der Waals surface area (Å²) < 4.78 is 5.29. The summed E-state index contributed by atoms with van der Waals surface area (Å²) in [6.07, 6.45) is 2.45. The van der Waals surface area contributed by atoms with E-state index in [4.69, 9.17) is 16.3 Å². The molecule has 0 aliphatic heterocycles. The Labute approximate surface area is 169 Å². The van der Waals surface area contributed by atoms with Crippen molar-refractivity contribution in [2.75, 3.05) is 24.3 Å². The Kier molecular flexibility index (Phi) is 6.50. The molecule has 0 unspecified atom stereocenters. The summed E-state index contributed by atoms with van der Waals surface area (Å²) in [6, 6.07) is 17.2. The fourth-order valence-corrected chi connectivity index (χ4v) is 2.89. The number of benzene rings is 2. The van der Waals surface area contributed by atoms with Gasteiger partial charge in [-0.1, -0.05) is 41.9 Å². The summed E-state index contributed by atoms with van der Waals surface area (Å²) >= 11 is 6.11. The number of aromatic nitrogens is 1. The van der Waals surface area contributed by atoms with Crippen LogP contribution in [-0.2, 0) is 6.42 Å². The highest BCUT2D eigenvalue weighted by Crippen LogP contribution is 2.31. The molecule has 1 aromatic heterocycles. The van der Waals surface area contributed by atoms with Gasteiger partial charge in [0.1, 0.15) is 11.6 Å². The van der Waals surface area contributed by atoms with Crippen molar-refractivity contribution in [2.45, 2.75) is 13.3 Å². The Morgan fingerprint density at radius 3 is 2.61 bits per heavy atom. The average molecular weight is 396 g/mol. The molecule has 6 heteroatoms. The van der Waals surface area contributed by atoms with Crippen molar-refractivity contribution in [3.63, 3.8) is 0 Å². The van der Waals surface area contributed by atoms with Crippen LogP contribution in [0.25, 0.3) is 0 Å². The number of ether oxygens (including phenoxy) is 1. The van der Waals surface area contributed by atoms with E-state index >= 15 is 0 Å². The standard InChI is InChI=1S/C22H22ClN3O2/c1-15-12-19(20(28-2)13-18(15)23)26-22(27)17-8-9-21(25-14-17)24-11-10-16-6-4-3-5-7-16/h3-9,12-14H,10-11H2,1-2H3,(H,24,25)(H,26,27). The number of halogens is 1. The molecule has 0 bridgehead atoms. The lowest BCUT2D eigenvalue weighted by atomic mass is 10.1. The van der Waals surface area contributed by atoms with E-state index in [1.54, 1.807) is 30.5 Å². The minimum Gasteiger partial charge on any atom is -0.495 e. The van der Waals surface area contributed by atoms with Crippen LogP contribution in [0.2, 0.25) is 5.02 Å². The second-order valence-corrected chi connectivity index (χ2v) is 6.76. The van der Waals surface area contributed by atoms with Gasteiger partial charge in [-0.25, -0.2) is 4.98 Å². The predicted octanol–water partition coefficient (Wildman–Crippen LogP) is 4.96. The Hall–Kier alpha value is -3.05. The van der Waals surface area contributed by atoms with Crippen molar-refractivity contribution < 1.29 is 9.53 Å². The number of anilines is 2. The molecule has 3 rings (SSSR count). The molecule has 3 aromatic rings. The molecule has 0 atom stereocenters. The van der Waals surface area contributed by atoms with Crippen LogP contribution in [0.15, 0.2) is 60.8 Å². The highest BCUT2D eigenvalue weighted by atomic mass is 35.5. The van der Waals surface area contributed by atoms with E-state index in [0.29, 0.717) is 22.0 Å². The van der Waals surface area contributed by atoms with Gasteiger partial charge in [0.25, 0.3) is 5.91 Å². The summed E-state index contributed by atoms with van der Waals surface area (Å²) in [7, 11) is 1.54. The minimum absolute atomic E-state index is 0.261. The maximum Gasteiger partial charge on any atom is 0.257 e. The van der Waals surface area contributed by atoms with E-state index < -0.39 is 0 Å². The molecule has 1 heterocycles. The Balaban J connectivity index is 1.60. The van der Waals surface area contributed by atoms with Crippen LogP contribution < -0.4 is 15.4 Å².